The maximum atomic E-state index is 13.1. The molecule has 5 heteroatoms. The summed E-state index contributed by atoms with van der Waals surface area (Å²) in [4.78, 5) is 16.3. The zero-order chi connectivity index (χ0) is 15.4. The fourth-order valence-corrected chi connectivity index (χ4v) is 2.51. The van der Waals surface area contributed by atoms with Crippen LogP contribution in [0.4, 0.5) is 9.18 Å². The minimum Gasteiger partial charge on any atom is -0.336 e. The highest BCUT2D eigenvalue weighted by Gasteiger charge is 2.28. The van der Waals surface area contributed by atoms with Crippen LogP contribution in [0.15, 0.2) is 24.3 Å². The molecule has 0 saturated carbocycles. The van der Waals surface area contributed by atoms with Crippen LogP contribution in [-0.4, -0.2) is 48.6 Å². The van der Waals surface area contributed by atoms with E-state index in [1.165, 1.54) is 12.1 Å². The Hall–Kier alpha value is -1.62. The van der Waals surface area contributed by atoms with E-state index in [4.69, 9.17) is 0 Å². The van der Waals surface area contributed by atoms with E-state index < -0.39 is 0 Å². The molecule has 2 amide bonds. The number of carbonyl (C=O) groups is 1. The molecule has 1 saturated heterocycles. The van der Waals surface area contributed by atoms with Crippen molar-refractivity contribution >= 4 is 6.03 Å². The molecular weight excluding hydrogens is 269 g/mol. The van der Waals surface area contributed by atoms with Crippen molar-refractivity contribution in [2.75, 3.05) is 26.7 Å². The fourth-order valence-electron chi connectivity index (χ4n) is 2.51. The zero-order valence-corrected chi connectivity index (χ0v) is 13.0. The van der Waals surface area contributed by atoms with E-state index in [2.05, 4.69) is 17.1 Å². The molecule has 21 heavy (non-hydrogen) atoms. The van der Waals surface area contributed by atoms with Gasteiger partial charge in [-0.2, -0.15) is 0 Å². The normalized spacial score (nSPS) is 21.1. The van der Waals surface area contributed by atoms with Gasteiger partial charge in [0.1, 0.15) is 5.82 Å². The fraction of sp³-hybridized carbons (Fsp3) is 0.562. The van der Waals surface area contributed by atoms with Gasteiger partial charge < -0.3 is 10.2 Å². The molecule has 0 radical (unpaired) electrons. The minimum atomic E-state index is -0.233. The summed E-state index contributed by atoms with van der Waals surface area (Å²) in [6.45, 7) is 6.22. The Balaban J connectivity index is 2.05. The lowest BCUT2D eigenvalue weighted by Gasteiger charge is -2.40. The molecule has 1 aliphatic rings. The van der Waals surface area contributed by atoms with Crippen LogP contribution in [0.25, 0.3) is 0 Å². The Morgan fingerprint density at radius 2 is 2.05 bits per heavy atom. The van der Waals surface area contributed by atoms with Crippen LogP contribution in [0.2, 0.25) is 0 Å². The molecule has 1 heterocycles. The monoisotopic (exact) mass is 293 g/mol. The summed E-state index contributed by atoms with van der Waals surface area (Å²) in [6.07, 6.45) is 0.918. The first-order valence-electron chi connectivity index (χ1n) is 7.52. The number of carbonyl (C=O) groups excluding carboxylic acids is 1. The molecule has 2 rings (SSSR count). The van der Waals surface area contributed by atoms with E-state index in [0.29, 0.717) is 6.54 Å². The van der Waals surface area contributed by atoms with Crippen molar-refractivity contribution in [1.82, 2.24) is 15.1 Å². The second-order valence-electron chi connectivity index (χ2n) is 5.75. The highest BCUT2D eigenvalue weighted by atomic mass is 19.1. The van der Waals surface area contributed by atoms with E-state index in [1.807, 2.05) is 18.9 Å². The lowest BCUT2D eigenvalue weighted by atomic mass is 10.0. The van der Waals surface area contributed by atoms with Crippen molar-refractivity contribution in [2.24, 2.45) is 0 Å². The van der Waals surface area contributed by atoms with Gasteiger partial charge in [-0.3, -0.25) is 4.90 Å². The Morgan fingerprint density at radius 3 is 2.67 bits per heavy atom. The largest absolute Gasteiger partial charge is 0.336 e. The van der Waals surface area contributed by atoms with E-state index >= 15 is 0 Å². The SMILES string of the molecule is CCC(C)NC(=O)N1CCN(C)C(c2ccc(F)cc2)C1. The summed E-state index contributed by atoms with van der Waals surface area (Å²) in [5.41, 5.74) is 1.04. The number of nitrogens with zero attached hydrogens (tertiary/aromatic N) is 2. The molecule has 2 atom stereocenters. The second kappa shape index (κ2) is 6.89. The molecule has 0 spiro atoms. The van der Waals surface area contributed by atoms with Gasteiger partial charge in [0.25, 0.3) is 0 Å². The highest BCUT2D eigenvalue weighted by Crippen LogP contribution is 2.24. The first-order valence-corrected chi connectivity index (χ1v) is 7.52. The number of hydrogen-bond donors (Lipinski definition) is 1. The van der Waals surface area contributed by atoms with Crippen molar-refractivity contribution < 1.29 is 9.18 Å². The van der Waals surface area contributed by atoms with Crippen LogP contribution in [0.5, 0.6) is 0 Å². The van der Waals surface area contributed by atoms with E-state index in [-0.39, 0.29) is 23.9 Å². The molecule has 1 N–H and O–H groups in total. The third-order valence-corrected chi connectivity index (χ3v) is 4.17. The standard InChI is InChI=1S/C16H24FN3O/c1-4-12(2)18-16(21)20-10-9-19(3)15(11-20)13-5-7-14(17)8-6-13/h5-8,12,15H,4,9-11H2,1-3H3,(H,18,21). The van der Waals surface area contributed by atoms with Crippen LogP contribution in [0.1, 0.15) is 31.9 Å². The van der Waals surface area contributed by atoms with Gasteiger partial charge in [0.15, 0.2) is 0 Å². The van der Waals surface area contributed by atoms with Crippen molar-refractivity contribution in [3.05, 3.63) is 35.6 Å². The summed E-state index contributed by atoms with van der Waals surface area (Å²) in [6, 6.07) is 6.83. The topological polar surface area (TPSA) is 35.6 Å². The Morgan fingerprint density at radius 1 is 1.38 bits per heavy atom. The van der Waals surface area contributed by atoms with Gasteiger partial charge in [0.05, 0.1) is 6.04 Å². The van der Waals surface area contributed by atoms with Crippen LogP contribution in [-0.2, 0) is 0 Å². The number of benzene rings is 1. The quantitative estimate of drug-likeness (QED) is 0.930. The van der Waals surface area contributed by atoms with Gasteiger partial charge in [-0.15, -0.1) is 0 Å². The summed E-state index contributed by atoms with van der Waals surface area (Å²) >= 11 is 0. The number of nitrogens with one attached hydrogen (secondary N) is 1. The average Bonchev–Trinajstić information content (AvgIpc) is 2.48. The summed E-state index contributed by atoms with van der Waals surface area (Å²) < 4.78 is 13.1. The minimum absolute atomic E-state index is 0.00967. The molecule has 116 valence electrons. The predicted octanol–water partition coefficient (Wildman–Crippen LogP) is 2.62. The third-order valence-electron chi connectivity index (χ3n) is 4.17. The van der Waals surface area contributed by atoms with E-state index in [0.717, 1.165) is 25.1 Å². The Kier molecular flexibility index (Phi) is 5.17. The van der Waals surface area contributed by atoms with E-state index in [9.17, 15) is 9.18 Å². The van der Waals surface area contributed by atoms with E-state index in [1.54, 1.807) is 12.1 Å². The maximum Gasteiger partial charge on any atom is 0.317 e. The Labute approximate surface area is 125 Å². The van der Waals surface area contributed by atoms with Gasteiger partial charge in [-0.25, -0.2) is 9.18 Å². The smallest absolute Gasteiger partial charge is 0.317 e. The maximum absolute atomic E-state index is 13.1. The molecule has 0 aromatic heterocycles. The van der Waals surface area contributed by atoms with Crippen LogP contribution < -0.4 is 5.32 Å². The number of piperazine rings is 1. The molecule has 1 aliphatic heterocycles. The second-order valence-corrected chi connectivity index (χ2v) is 5.75. The first kappa shape index (κ1) is 15.8. The number of hydrogen-bond acceptors (Lipinski definition) is 2. The average molecular weight is 293 g/mol. The molecule has 0 aliphatic carbocycles. The number of rotatable bonds is 3. The van der Waals surface area contributed by atoms with Crippen molar-refractivity contribution in [3.63, 3.8) is 0 Å². The number of amides is 2. The van der Waals surface area contributed by atoms with Crippen molar-refractivity contribution in [3.8, 4) is 0 Å². The molecule has 4 nitrogen and oxygen atoms in total. The third kappa shape index (κ3) is 3.94. The van der Waals surface area contributed by atoms with Crippen LogP contribution in [0.3, 0.4) is 0 Å². The summed E-state index contributed by atoms with van der Waals surface area (Å²) in [5.74, 6) is -0.233. The first-order chi connectivity index (χ1) is 10.0. The summed E-state index contributed by atoms with van der Waals surface area (Å²) in [5, 5.41) is 3.00. The van der Waals surface area contributed by atoms with Crippen molar-refractivity contribution in [1.29, 1.82) is 0 Å². The van der Waals surface area contributed by atoms with Crippen LogP contribution >= 0.6 is 0 Å². The number of urea groups is 1. The van der Waals surface area contributed by atoms with Gasteiger partial charge in [0, 0.05) is 25.7 Å². The predicted molar refractivity (Wildman–Crippen MR) is 81.6 cm³/mol. The number of halogens is 1. The van der Waals surface area contributed by atoms with Crippen LogP contribution in [0, 0.1) is 5.82 Å². The summed E-state index contributed by atoms with van der Waals surface area (Å²) in [7, 11) is 2.04. The molecule has 2 unspecified atom stereocenters. The van der Waals surface area contributed by atoms with Crippen molar-refractivity contribution in [2.45, 2.75) is 32.4 Å². The molecule has 1 aromatic rings. The van der Waals surface area contributed by atoms with Gasteiger partial charge in [0.2, 0.25) is 0 Å². The molecular formula is C16H24FN3O. The number of likely N-dealkylation sites (N-methyl/N-ethyl adjacent to an activating group) is 1. The molecule has 1 fully saturated rings. The highest BCUT2D eigenvalue weighted by molar-refractivity contribution is 5.74. The van der Waals surface area contributed by atoms with Gasteiger partial charge in [-0.1, -0.05) is 19.1 Å². The molecule has 1 aromatic carbocycles. The lowest BCUT2D eigenvalue weighted by molar-refractivity contribution is 0.108. The van der Waals surface area contributed by atoms with Gasteiger partial charge in [-0.05, 0) is 38.1 Å². The lowest BCUT2D eigenvalue weighted by Crippen LogP contribution is -2.53. The van der Waals surface area contributed by atoms with Gasteiger partial charge >= 0.3 is 6.03 Å². The Bertz CT molecular complexity index is 477. The zero-order valence-electron chi connectivity index (χ0n) is 13.0. The molecule has 0 bridgehead atoms.